The molecule has 7 rings (SSSR count). The molecule has 55 heavy (non-hydrogen) atoms. The second-order valence-corrected chi connectivity index (χ2v) is 19.7. The average Bonchev–Trinajstić information content (AvgIpc) is 3.55. The van der Waals surface area contributed by atoms with Crippen molar-refractivity contribution in [1.29, 1.82) is 0 Å². The van der Waals surface area contributed by atoms with E-state index in [4.69, 9.17) is 0 Å². The van der Waals surface area contributed by atoms with Crippen LogP contribution in [0.15, 0.2) is 54.6 Å². The third kappa shape index (κ3) is 6.28. The zero-order valence-corrected chi connectivity index (χ0v) is 33.9. The van der Waals surface area contributed by atoms with E-state index < -0.39 is 17.2 Å². The maximum atomic E-state index is 14.7. The van der Waals surface area contributed by atoms with Gasteiger partial charge in [0.1, 0.15) is 5.82 Å². The van der Waals surface area contributed by atoms with Crippen molar-refractivity contribution < 1.29 is 29.0 Å². The molecule has 0 bridgehead atoms. The molecule has 0 aliphatic heterocycles. The van der Waals surface area contributed by atoms with Crippen molar-refractivity contribution in [2.75, 3.05) is 6.54 Å². The monoisotopic (exact) mass is 754 g/mol. The molecular formula is C47H63FN2O5. The molecule has 8 heteroatoms. The van der Waals surface area contributed by atoms with Gasteiger partial charge < -0.3 is 20.8 Å². The number of hydrogen-bond donors (Lipinski definition) is 4. The Morgan fingerprint density at radius 1 is 0.836 bits per heavy atom. The molecule has 5 saturated carbocycles. The predicted octanol–water partition coefficient (Wildman–Crippen LogP) is 9.13. The first-order valence-electron chi connectivity index (χ1n) is 20.9. The Hall–Kier alpha value is -3.52. The molecule has 0 heterocycles. The van der Waals surface area contributed by atoms with Crippen molar-refractivity contribution in [3.8, 4) is 0 Å². The fourth-order valence-electron chi connectivity index (χ4n) is 14.0. The maximum Gasteiger partial charge on any atom is 0.338 e. The molecule has 7 nitrogen and oxygen atoms in total. The highest BCUT2D eigenvalue weighted by Gasteiger charge is 2.71. The highest BCUT2D eigenvalue weighted by atomic mass is 19.1. The van der Waals surface area contributed by atoms with E-state index >= 15 is 0 Å². The number of carboxylic acid groups (broad SMARTS) is 1. The summed E-state index contributed by atoms with van der Waals surface area (Å²) in [5, 5.41) is 26.6. The number of aliphatic hydroxyl groups is 1. The van der Waals surface area contributed by atoms with Crippen LogP contribution in [-0.2, 0) is 17.8 Å². The summed E-state index contributed by atoms with van der Waals surface area (Å²) in [7, 11) is 0. The van der Waals surface area contributed by atoms with Gasteiger partial charge in [-0.3, -0.25) is 9.59 Å². The van der Waals surface area contributed by atoms with E-state index in [1.807, 2.05) is 18.2 Å². The van der Waals surface area contributed by atoms with E-state index in [1.165, 1.54) is 30.5 Å². The minimum absolute atomic E-state index is 0.0770. The molecule has 5 unspecified atom stereocenters. The lowest BCUT2D eigenvalue weighted by Crippen LogP contribution is -2.67. The first kappa shape index (κ1) is 39.7. The summed E-state index contributed by atoms with van der Waals surface area (Å²) in [5.41, 5.74) is 2.76. The summed E-state index contributed by atoms with van der Waals surface area (Å²) in [4.78, 5) is 39.1. The molecule has 2 amide bonds. The number of hydrogen-bond acceptors (Lipinski definition) is 4. The first-order chi connectivity index (χ1) is 25.9. The van der Waals surface area contributed by atoms with E-state index in [1.54, 1.807) is 6.07 Å². The molecule has 298 valence electrons. The van der Waals surface area contributed by atoms with Crippen molar-refractivity contribution in [3.05, 3.63) is 82.7 Å². The fraction of sp³-hybridized carbons (Fsp3) is 0.638. The maximum absolute atomic E-state index is 14.7. The summed E-state index contributed by atoms with van der Waals surface area (Å²) in [6.45, 7) is 19.7. The Balaban J connectivity index is 1.05. The number of aliphatic hydroxyl groups excluding tert-OH is 1. The van der Waals surface area contributed by atoms with Crippen molar-refractivity contribution in [3.63, 3.8) is 0 Å². The molecule has 2 aromatic rings. The molecule has 0 radical (unpaired) electrons. The van der Waals surface area contributed by atoms with E-state index in [0.717, 1.165) is 63.0 Å². The number of allylic oxidation sites excluding steroid dienone is 1. The molecular weight excluding hydrogens is 692 g/mol. The minimum Gasteiger partial charge on any atom is -0.478 e. The van der Waals surface area contributed by atoms with Crippen LogP contribution in [0.2, 0.25) is 0 Å². The van der Waals surface area contributed by atoms with Crippen LogP contribution >= 0.6 is 0 Å². The number of carbonyl (C=O) groups is 3. The van der Waals surface area contributed by atoms with Crippen molar-refractivity contribution in [2.24, 2.45) is 56.7 Å². The molecule has 0 saturated heterocycles. The molecule has 5 aliphatic carbocycles. The van der Waals surface area contributed by atoms with Gasteiger partial charge in [-0.25, -0.2) is 9.18 Å². The molecule has 5 fully saturated rings. The summed E-state index contributed by atoms with van der Waals surface area (Å²) >= 11 is 0. The lowest BCUT2D eigenvalue weighted by Gasteiger charge is -2.72. The van der Waals surface area contributed by atoms with E-state index in [0.29, 0.717) is 47.8 Å². The second-order valence-electron chi connectivity index (χ2n) is 19.7. The zero-order valence-electron chi connectivity index (χ0n) is 33.9. The number of fused-ring (bicyclic) bond motifs is 7. The van der Waals surface area contributed by atoms with E-state index in [9.17, 15) is 29.0 Å². The molecule has 4 N–H and O–H groups in total. The van der Waals surface area contributed by atoms with Crippen LogP contribution in [-0.4, -0.2) is 40.6 Å². The number of carboxylic acids is 1. The van der Waals surface area contributed by atoms with Gasteiger partial charge >= 0.3 is 5.97 Å². The van der Waals surface area contributed by atoms with E-state index in [2.05, 4.69) is 58.8 Å². The van der Waals surface area contributed by atoms with Gasteiger partial charge in [0.15, 0.2) is 0 Å². The van der Waals surface area contributed by atoms with Crippen LogP contribution in [0.3, 0.4) is 0 Å². The highest BCUT2D eigenvalue weighted by Crippen LogP contribution is 2.77. The quantitative estimate of drug-likeness (QED) is 0.191. The zero-order chi connectivity index (χ0) is 39.7. The lowest BCUT2D eigenvalue weighted by atomic mass is 9.32. The third-order valence-corrected chi connectivity index (χ3v) is 17.1. The largest absolute Gasteiger partial charge is 0.478 e. The van der Waals surface area contributed by atoms with Gasteiger partial charge in [-0.1, -0.05) is 65.0 Å². The van der Waals surface area contributed by atoms with E-state index in [-0.39, 0.29) is 57.6 Å². The predicted molar refractivity (Wildman–Crippen MR) is 213 cm³/mol. The molecule has 0 spiro atoms. The van der Waals surface area contributed by atoms with Crippen LogP contribution in [0.1, 0.15) is 138 Å². The lowest BCUT2D eigenvalue weighted by molar-refractivity contribution is -0.246. The summed E-state index contributed by atoms with van der Waals surface area (Å²) < 4.78 is 13.8. The van der Waals surface area contributed by atoms with Crippen LogP contribution in [0.4, 0.5) is 4.39 Å². The first-order valence-corrected chi connectivity index (χ1v) is 20.9. The van der Waals surface area contributed by atoms with Gasteiger partial charge in [0.25, 0.3) is 5.91 Å². The summed E-state index contributed by atoms with van der Waals surface area (Å²) in [6, 6.07) is 11.3. The SMILES string of the molecule is C=C(C)[C@@H]1CCC2(C(=O)NCc3cccc(C(=O)NCCc4ccc(F)c(C(=O)O)c4)c3)CC[C@]3(C)C(CCC4[C@@]5(C)CC[C@H](O)C(C)(C)C5CC[C@]43C)C12. The average molecular weight is 755 g/mol. The van der Waals surface area contributed by atoms with Crippen molar-refractivity contribution in [2.45, 2.75) is 125 Å². The van der Waals surface area contributed by atoms with Crippen LogP contribution in [0.25, 0.3) is 0 Å². The molecule has 10 atom stereocenters. The summed E-state index contributed by atoms with van der Waals surface area (Å²) in [5.74, 6) is -0.0945. The Bertz CT molecular complexity index is 1870. The summed E-state index contributed by atoms with van der Waals surface area (Å²) in [6.07, 6.45) is 10.6. The van der Waals surface area contributed by atoms with Gasteiger partial charge in [0.05, 0.1) is 17.1 Å². The number of benzene rings is 2. The number of rotatable bonds is 9. The molecule has 2 aromatic carbocycles. The second kappa shape index (κ2) is 14.1. The molecule has 0 aromatic heterocycles. The van der Waals surface area contributed by atoms with Gasteiger partial charge in [-0.2, -0.15) is 0 Å². The fourth-order valence-corrected chi connectivity index (χ4v) is 14.0. The van der Waals surface area contributed by atoms with Crippen LogP contribution in [0, 0.1) is 62.5 Å². The Morgan fingerprint density at radius 3 is 2.33 bits per heavy atom. The Labute approximate surface area is 327 Å². The smallest absolute Gasteiger partial charge is 0.338 e. The number of amides is 2. The highest BCUT2D eigenvalue weighted by molar-refractivity contribution is 5.94. The van der Waals surface area contributed by atoms with Gasteiger partial charge in [0.2, 0.25) is 5.91 Å². The van der Waals surface area contributed by atoms with Crippen molar-refractivity contribution >= 4 is 17.8 Å². The van der Waals surface area contributed by atoms with Crippen LogP contribution in [0.5, 0.6) is 0 Å². The number of nitrogens with one attached hydrogen (secondary N) is 2. The van der Waals surface area contributed by atoms with Gasteiger partial charge in [-0.05, 0) is 164 Å². The van der Waals surface area contributed by atoms with Crippen molar-refractivity contribution in [1.82, 2.24) is 10.6 Å². The minimum atomic E-state index is -1.33. The number of aromatic carboxylic acids is 1. The Morgan fingerprint density at radius 2 is 1.60 bits per heavy atom. The number of halogens is 1. The van der Waals surface area contributed by atoms with Gasteiger partial charge in [-0.15, -0.1) is 0 Å². The van der Waals surface area contributed by atoms with Crippen LogP contribution < -0.4 is 10.6 Å². The van der Waals surface area contributed by atoms with Gasteiger partial charge in [0, 0.05) is 18.7 Å². The third-order valence-electron chi connectivity index (χ3n) is 17.1. The normalized spacial score (nSPS) is 37.4. The number of carbonyl (C=O) groups excluding carboxylic acids is 2. The topological polar surface area (TPSA) is 116 Å². The Kier molecular flexibility index (Phi) is 10.2. The molecule has 5 aliphatic rings. The standard InChI is InChI=1S/C47H63FN2O5/c1-28(2)32-15-21-47(42(55)50-27-30-9-8-10-31(25-30)40(52)49-24-18-29-11-13-35(48)33(26-29)41(53)54)23-22-45(6)34(39(32)47)12-14-37-44(5)19-17-38(51)43(3,4)36(44)16-20-46(37,45)7/h8-11,13,25-26,32,34,36-39,51H,1,12,14-24,27H2,2-7H3,(H,49,52)(H,50,55)(H,53,54)/t32-,34?,36?,37?,38-,39?,44-,45+,46+,47?/m0/s1.